The van der Waals surface area contributed by atoms with Gasteiger partial charge in [0.05, 0.1) is 19.2 Å². The molecule has 2 aromatic rings. The second-order valence-electron chi connectivity index (χ2n) is 7.01. The van der Waals surface area contributed by atoms with Gasteiger partial charge in [0.15, 0.2) is 11.6 Å². The van der Waals surface area contributed by atoms with Gasteiger partial charge in [-0.2, -0.15) is 0 Å². The second-order valence-corrected chi connectivity index (χ2v) is 7.01. The van der Waals surface area contributed by atoms with Crippen LogP contribution in [0.15, 0.2) is 42.5 Å². The number of carbonyl (C=O) groups excluding carboxylic acids is 1. The lowest BCUT2D eigenvalue weighted by Crippen LogP contribution is -2.25. The first-order chi connectivity index (χ1) is 13.5. The second kappa shape index (κ2) is 8.95. The standard InChI is InChI=1S/C22H27FN2O3/c1-4-27-22-10-7-18(13-21(22)23)25-12-11-20(14-25)28-19-8-5-17(6-9-19)15(2)24-16(3)26/h5-10,13,15,20H,4,11-12,14H2,1-3H3,(H,24,26). The molecule has 1 fully saturated rings. The summed E-state index contributed by atoms with van der Waals surface area (Å²) in [5.74, 6) is 0.688. The summed E-state index contributed by atoms with van der Waals surface area (Å²) >= 11 is 0. The van der Waals surface area contributed by atoms with Gasteiger partial charge in [-0.1, -0.05) is 12.1 Å². The largest absolute Gasteiger partial charge is 0.491 e. The third kappa shape index (κ3) is 4.94. The average Bonchev–Trinajstić information content (AvgIpc) is 3.12. The number of hydrogen-bond donors (Lipinski definition) is 1. The fraction of sp³-hybridized carbons (Fsp3) is 0.409. The molecule has 0 aromatic heterocycles. The van der Waals surface area contributed by atoms with Crippen LogP contribution in [0.4, 0.5) is 10.1 Å². The van der Waals surface area contributed by atoms with Crippen molar-refractivity contribution >= 4 is 11.6 Å². The number of benzene rings is 2. The van der Waals surface area contributed by atoms with Crippen LogP contribution in [0.25, 0.3) is 0 Å². The van der Waals surface area contributed by atoms with Gasteiger partial charge in [-0.05, 0) is 43.7 Å². The zero-order valence-electron chi connectivity index (χ0n) is 16.6. The molecule has 0 bridgehead atoms. The third-order valence-corrected chi connectivity index (χ3v) is 4.83. The third-order valence-electron chi connectivity index (χ3n) is 4.83. The van der Waals surface area contributed by atoms with E-state index in [0.717, 1.165) is 30.0 Å². The maximum absolute atomic E-state index is 14.1. The topological polar surface area (TPSA) is 50.8 Å². The van der Waals surface area contributed by atoms with Crippen LogP contribution in [0.1, 0.15) is 38.8 Å². The molecule has 1 N–H and O–H groups in total. The quantitative estimate of drug-likeness (QED) is 0.779. The highest BCUT2D eigenvalue weighted by atomic mass is 19.1. The average molecular weight is 386 g/mol. The molecule has 0 aliphatic carbocycles. The van der Waals surface area contributed by atoms with E-state index in [4.69, 9.17) is 9.47 Å². The van der Waals surface area contributed by atoms with Crippen LogP contribution in [0.5, 0.6) is 11.5 Å². The minimum absolute atomic E-state index is 0.0388. The van der Waals surface area contributed by atoms with Crippen LogP contribution in [0.3, 0.4) is 0 Å². The highest BCUT2D eigenvalue weighted by Gasteiger charge is 2.25. The van der Waals surface area contributed by atoms with Gasteiger partial charge in [0.2, 0.25) is 5.91 Å². The first-order valence-electron chi connectivity index (χ1n) is 9.67. The van der Waals surface area contributed by atoms with Crippen molar-refractivity contribution in [2.75, 3.05) is 24.6 Å². The van der Waals surface area contributed by atoms with Crippen LogP contribution < -0.4 is 19.7 Å². The SMILES string of the molecule is CCOc1ccc(N2CCC(Oc3ccc(C(C)NC(C)=O)cc3)C2)cc1F. The smallest absolute Gasteiger partial charge is 0.217 e. The maximum Gasteiger partial charge on any atom is 0.217 e. The molecular formula is C22H27FN2O3. The number of anilines is 1. The molecule has 0 saturated carbocycles. The molecule has 3 rings (SSSR count). The fourth-order valence-corrected chi connectivity index (χ4v) is 3.43. The lowest BCUT2D eigenvalue weighted by Gasteiger charge is -2.20. The van der Waals surface area contributed by atoms with Crippen LogP contribution in [0.2, 0.25) is 0 Å². The molecule has 6 heteroatoms. The first kappa shape index (κ1) is 20.0. The van der Waals surface area contributed by atoms with Crippen molar-refractivity contribution in [1.82, 2.24) is 5.32 Å². The minimum Gasteiger partial charge on any atom is -0.491 e. The van der Waals surface area contributed by atoms with Gasteiger partial charge in [-0.15, -0.1) is 0 Å². The Labute approximate surface area is 165 Å². The van der Waals surface area contributed by atoms with Crippen molar-refractivity contribution < 1.29 is 18.7 Å². The van der Waals surface area contributed by atoms with E-state index in [0.29, 0.717) is 13.2 Å². The van der Waals surface area contributed by atoms with Crippen LogP contribution >= 0.6 is 0 Å². The van der Waals surface area contributed by atoms with E-state index in [-0.39, 0.29) is 29.6 Å². The number of nitrogens with one attached hydrogen (secondary N) is 1. The number of rotatable bonds is 7. The Hall–Kier alpha value is -2.76. The summed E-state index contributed by atoms with van der Waals surface area (Å²) in [5, 5.41) is 2.87. The Bertz CT molecular complexity index is 810. The van der Waals surface area contributed by atoms with Gasteiger partial charge < -0.3 is 19.7 Å². The molecule has 1 amide bonds. The number of amides is 1. The Morgan fingerprint density at radius 2 is 2.04 bits per heavy atom. The van der Waals surface area contributed by atoms with Gasteiger partial charge in [-0.3, -0.25) is 4.79 Å². The molecule has 1 heterocycles. The summed E-state index contributed by atoms with van der Waals surface area (Å²) < 4.78 is 25.5. The molecule has 150 valence electrons. The highest BCUT2D eigenvalue weighted by molar-refractivity contribution is 5.73. The first-order valence-corrected chi connectivity index (χ1v) is 9.67. The molecule has 2 unspecified atom stereocenters. The zero-order valence-corrected chi connectivity index (χ0v) is 16.6. The molecule has 5 nitrogen and oxygen atoms in total. The summed E-state index contributed by atoms with van der Waals surface area (Å²) in [5.41, 5.74) is 1.87. The van der Waals surface area contributed by atoms with Crippen molar-refractivity contribution in [3.63, 3.8) is 0 Å². The lowest BCUT2D eigenvalue weighted by molar-refractivity contribution is -0.119. The molecule has 1 saturated heterocycles. The van der Waals surface area contributed by atoms with E-state index in [1.807, 2.05) is 44.2 Å². The van der Waals surface area contributed by atoms with Gasteiger partial charge >= 0.3 is 0 Å². The van der Waals surface area contributed by atoms with E-state index in [9.17, 15) is 9.18 Å². The van der Waals surface area contributed by atoms with Crippen molar-refractivity contribution in [2.45, 2.75) is 39.3 Å². The van der Waals surface area contributed by atoms with E-state index >= 15 is 0 Å². The summed E-state index contributed by atoms with van der Waals surface area (Å²) in [6, 6.07) is 12.8. The molecule has 2 atom stereocenters. The Morgan fingerprint density at radius 3 is 2.68 bits per heavy atom. The molecule has 0 spiro atoms. The number of hydrogen-bond acceptors (Lipinski definition) is 4. The van der Waals surface area contributed by atoms with E-state index in [2.05, 4.69) is 10.2 Å². The lowest BCUT2D eigenvalue weighted by atomic mass is 10.1. The van der Waals surface area contributed by atoms with E-state index < -0.39 is 0 Å². The van der Waals surface area contributed by atoms with Gasteiger partial charge in [0.1, 0.15) is 11.9 Å². The minimum atomic E-state index is -0.340. The predicted molar refractivity (Wildman–Crippen MR) is 107 cm³/mol. The normalized spacial score (nSPS) is 17.3. The molecular weight excluding hydrogens is 359 g/mol. The van der Waals surface area contributed by atoms with Gasteiger partial charge in [-0.25, -0.2) is 4.39 Å². The van der Waals surface area contributed by atoms with Crippen molar-refractivity contribution in [3.05, 3.63) is 53.8 Å². The maximum atomic E-state index is 14.1. The monoisotopic (exact) mass is 386 g/mol. The molecule has 1 aliphatic rings. The van der Waals surface area contributed by atoms with Crippen LogP contribution in [-0.2, 0) is 4.79 Å². The number of ether oxygens (including phenoxy) is 2. The molecule has 1 aliphatic heterocycles. The highest BCUT2D eigenvalue weighted by Crippen LogP contribution is 2.28. The van der Waals surface area contributed by atoms with Crippen molar-refractivity contribution in [1.29, 1.82) is 0 Å². The van der Waals surface area contributed by atoms with Crippen LogP contribution in [0, 0.1) is 5.82 Å². The van der Waals surface area contributed by atoms with E-state index in [1.54, 1.807) is 6.07 Å². The molecule has 0 radical (unpaired) electrons. The van der Waals surface area contributed by atoms with Crippen molar-refractivity contribution in [2.24, 2.45) is 0 Å². The zero-order chi connectivity index (χ0) is 20.1. The molecule has 2 aromatic carbocycles. The van der Waals surface area contributed by atoms with E-state index in [1.165, 1.54) is 13.0 Å². The summed E-state index contributed by atoms with van der Waals surface area (Å²) in [7, 11) is 0. The van der Waals surface area contributed by atoms with Gasteiger partial charge in [0, 0.05) is 31.6 Å². The Balaban J connectivity index is 1.57. The van der Waals surface area contributed by atoms with Crippen molar-refractivity contribution in [3.8, 4) is 11.5 Å². The predicted octanol–water partition coefficient (Wildman–Crippen LogP) is 4.08. The summed E-state index contributed by atoms with van der Waals surface area (Å²) in [4.78, 5) is 13.3. The number of nitrogens with zero attached hydrogens (tertiary/aromatic N) is 1. The number of halogens is 1. The van der Waals surface area contributed by atoms with Crippen LogP contribution in [-0.4, -0.2) is 31.7 Å². The fourth-order valence-electron chi connectivity index (χ4n) is 3.43. The molecule has 28 heavy (non-hydrogen) atoms. The summed E-state index contributed by atoms with van der Waals surface area (Å²) in [6.07, 6.45) is 0.923. The number of carbonyl (C=O) groups is 1. The van der Waals surface area contributed by atoms with Gasteiger partial charge in [0.25, 0.3) is 0 Å². The summed E-state index contributed by atoms with van der Waals surface area (Å²) in [6.45, 7) is 7.26. The Kier molecular flexibility index (Phi) is 6.39. The Morgan fingerprint density at radius 1 is 1.29 bits per heavy atom.